The van der Waals surface area contributed by atoms with Gasteiger partial charge in [0.2, 0.25) is 5.89 Å². The van der Waals surface area contributed by atoms with Gasteiger partial charge in [-0.25, -0.2) is 4.98 Å². The number of rotatable bonds is 5. The molecule has 0 bridgehead atoms. The summed E-state index contributed by atoms with van der Waals surface area (Å²) in [6.45, 7) is 4.62. The average Bonchev–Trinajstić information content (AvgIpc) is 2.87. The molecule has 2 aromatic rings. The second kappa shape index (κ2) is 7.53. The summed E-state index contributed by atoms with van der Waals surface area (Å²) in [5.41, 5.74) is 1.60. The lowest BCUT2D eigenvalue weighted by Crippen LogP contribution is -2.36. The standard InChI is InChI=1S/C16H22N4O3/c1-10-11(2)23-15(20-10)9-19-16(17-3)18-8-12-7-13(22-4)5-6-14(12)21/h5-7,21H,8-9H2,1-4H3,(H2,17,18,19). The molecule has 0 fully saturated rings. The lowest BCUT2D eigenvalue weighted by molar-refractivity contribution is 0.410. The second-order valence-electron chi connectivity index (χ2n) is 5.02. The van der Waals surface area contributed by atoms with Crippen molar-refractivity contribution in [2.75, 3.05) is 14.2 Å². The molecule has 124 valence electrons. The smallest absolute Gasteiger partial charge is 0.214 e. The number of methoxy groups -OCH3 is 1. The first kappa shape index (κ1) is 16.7. The van der Waals surface area contributed by atoms with E-state index in [4.69, 9.17) is 9.15 Å². The number of phenolic OH excluding ortho intramolecular Hbond substituents is 1. The molecule has 0 spiro atoms. The number of aromatic hydroxyl groups is 1. The third-order valence-corrected chi connectivity index (χ3v) is 3.44. The summed E-state index contributed by atoms with van der Waals surface area (Å²) in [5, 5.41) is 16.1. The normalized spacial score (nSPS) is 11.4. The van der Waals surface area contributed by atoms with Crippen molar-refractivity contribution >= 4 is 5.96 Å². The monoisotopic (exact) mass is 318 g/mol. The Morgan fingerprint density at radius 2 is 2.04 bits per heavy atom. The Balaban J connectivity index is 1.92. The molecule has 0 aliphatic carbocycles. The highest BCUT2D eigenvalue weighted by Crippen LogP contribution is 2.22. The second-order valence-corrected chi connectivity index (χ2v) is 5.02. The van der Waals surface area contributed by atoms with Gasteiger partial charge in [0.25, 0.3) is 0 Å². The SMILES string of the molecule is CN=C(NCc1nc(C)c(C)o1)NCc1cc(OC)ccc1O. The highest BCUT2D eigenvalue weighted by atomic mass is 16.5. The molecule has 0 saturated heterocycles. The average molecular weight is 318 g/mol. The summed E-state index contributed by atoms with van der Waals surface area (Å²) >= 11 is 0. The van der Waals surface area contributed by atoms with E-state index >= 15 is 0 Å². The van der Waals surface area contributed by atoms with Gasteiger partial charge >= 0.3 is 0 Å². The fraction of sp³-hybridized carbons (Fsp3) is 0.375. The Kier molecular flexibility index (Phi) is 5.46. The van der Waals surface area contributed by atoms with E-state index in [-0.39, 0.29) is 5.75 Å². The van der Waals surface area contributed by atoms with Gasteiger partial charge in [-0.05, 0) is 32.0 Å². The van der Waals surface area contributed by atoms with E-state index in [0.717, 1.165) is 17.0 Å². The summed E-state index contributed by atoms with van der Waals surface area (Å²) in [6.07, 6.45) is 0. The fourth-order valence-electron chi connectivity index (χ4n) is 2.00. The molecule has 0 radical (unpaired) electrons. The third kappa shape index (κ3) is 4.38. The van der Waals surface area contributed by atoms with Gasteiger partial charge in [0, 0.05) is 19.2 Å². The number of benzene rings is 1. The van der Waals surface area contributed by atoms with Crippen molar-refractivity contribution in [1.29, 1.82) is 0 Å². The number of nitrogens with one attached hydrogen (secondary N) is 2. The van der Waals surface area contributed by atoms with Gasteiger partial charge in [0.1, 0.15) is 17.3 Å². The van der Waals surface area contributed by atoms with Crippen molar-refractivity contribution in [3.8, 4) is 11.5 Å². The van der Waals surface area contributed by atoms with Crippen molar-refractivity contribution in [2.45, 2.75) is 26.9 Å². The summed E-state index contributed by atoms with van der Waals surface area (Å²) < 4.78 is 10.7. The minimum Gasteiger partial charge on any atom is -0.508 e. The lowest BCUT2D eigenvalue weighted by Gasteiger charge is -2.12. The van der Waals surface area contributed by atoms with Crippen LogP contribution in [0.4, 0.5) is 0 Å². The number of oxazole rings is 1. The van der Waals surface area contributed by atoms with E-state index in [1.165, 1.54) is 0 Å². The van der Waals surface area contributed by atoms with Crippen LogP contribution in [0.15, 0.2) is 27.6 Å². The number of aryl methyl sites for hydroxylation is 2. The highest BCUT2D eigenvalue weighted by molar-refractivity contribution is 5.79. The van der Waals surface area contributed by atoms with Gasteiger partial charge in [0.15, 0.2) is 5.96 Å². The molecular weight excluding hydrogens is 296 g/mol. The first-order valence-electron chi connectivity index (χ1n) is 7.26. The molecule has 7 heteroatoms. The molecule has 0 unspecified atom stereocenters. The van der Waals surface area contributed by atoms with Crippen molar-refractivity contribution in [3.63, 3.8) is 0 Å². The molecule has 0 saturated carbocycles. The predicted molar refractivity (Wildman–Crippen MR) is 87.7 cm³/mol. The van der Waals surface area contributed by atoms with Gasteiger partial charge in [0.05, 0.1) is 19.3 Å². The van der Waals surface area contributed by atoms with E-state index in [9.17, 15) is 5.11 Å². The first-order valence-corrected chi connectivity index (χ1v) is 7.26. The van der Waals surface area contributed by atoms with Crippen LogP contribution in [0.3, 0.4) is 0 Å². The summed E-state index contributed by atoms with van der Waals surface area (Å²) in [6, 6.07) is 5.08. The largest absolute Gasteiger partial charge is 0.508 e. The zero-order valence-electron chi connectivity index (χ0n) is 13.8. The third-order valence-electron chi connectivity index (χ3n) is 3.44. The Morgan fingerprint density at radius 1 is 1.30 bits per heavy atom. The van der Waals surface area contributed by atoms with Crippen LogP contribution in [0.2, 0.25) is 0 Å². The van der Waals surface area contributed by atoms with E-state index in [2.05, 4.69) is 20.6 Å². The number of phenols is 1. The maximum atomic E-state index is 9.88. The quantitative estimate of drug-likeness (QED) is 0.576. The van der Waals surface area contributed by atoms with Crippen LogP contribution < -0.4 is 15.4 Å². The van der Waals surface area contributed by atoms with E-state index in [1.54, 1.807) is 32.4 Å². The van der Waals surface area contributed by atoms with E-state index < -0.39 is 0 Å². The molecule has 1 aromatic heterocycles. The van der Waals surface area contributed by atoms with Crippen LogP contribution in [0.25, 0.3) is 0 Å². The lowest BCUT2D eigenvalue weighted by atomic mass is 10.2. The molecule has 23 heavy (non-hydrogen) atoms. The zero-order valence-corrected chi connectivity index (χ0v) is 13.8. The summed E-state index contributed by atoms with van der Waals surface area (Å²) in [4.78, 5) is 8.43. The fourth-order valence-corrected chi connectivity index (χ4v) is 2.00. The summed E-state index contributed by atoms with van der Waals surface area (Å²) in [5.74, 6) is 2.89. The molecular formula is C16H22N4O3. The highest BCUT2D eigenvalue weighted by Gasteiger charge is 2.08. The minimum atomic E-state index is 0.202. The molecule has 0 aliphatic rings. The van der Waals surface area contributed by atoms with Gasteiger partial charge < -0.3 is 24.9 Å². The maximum absolute atomic E-state index is 9.88. The van der Waals surface area contributed by atoms with Crippen LogP contribution in [-0.2, 0) is 13.1 Å². The number of ether oxygens (including phenoxy) is 1. The van der Waals surface area contributed by atoms with Crippen molar-refractivity contribution in [3.05, 3.63) is 41.1 Å². The number of guanidine groups is 1. The Bertz CT molecular complexity index is 675. The van der Waals surface area contributed by atoms with Crippen LogP contribution in [0, 0.1) is 13.8 Å². The van der Waals surface area contributed by atoms with E-state index in [1.807, 2.05) is 13.8 Å². The predicted octanol–water partition coefficient (Wildman–Crippen LogP) is 1.87. The first-order chi connectivity index (χ1) is 11.0. The summed E-state index contributed by atoms with van der Waals surface area (Å²) in [7, 11) is 3.26. The van der Waals surface area contributed by atoms with Crippen LogP contribution in [0.1, 0.15) is 22.9 Å². The Labute approximate surface area is 135 Å². The van der Waals surface area contributed by atoms with Crippen LogP contribution in [0.5, 0.6) is 11.5 Å². The molecule has 1 aromatic carbocycles. The molecule has 0 atom stereocenters. The number of aliphatic imine (C=N–C) groups is 1. The van der Waals surface area contributed by atoms with Gasteiger partial charge in [-0.2, -0.15) is 0 Å². The van der Waals surface area contributed by atoms with Crippen LogP contribution >= 0.6 is 0 Å². The minimum absolute atomic E-state index is 0.202. The van der Waals surface area contributed by atoms with Crippen molar-refractivity contribution in [2.24, 2.45) is 4.99 Å². The van der Waals surface area contributed by atoms with Crippen molar-refractivity contribution in [1.82, 2.24) is 15.6 Å². The molecule has 3 N–H and O–H groups in total. The molecule has 1 heterocycles. The molecule has 0 amide bonds. The number of aromatic nitrogens is 1. The maximum Gasteiger partial charge on any atom is 0.214 e. The van der Waals surface area contributed by atoms with Crippen molar-refractivity contribution < 1.29 is 14.3 Å². The Hall–Kier alpha value is -2.70. The number of nitrogens with zero attached hydrogens (tertiary/aromatic N) is 2. The zero-order chi connectivity index (χ0) is 16.8. The molecule has 0 aliphatic heterocycles. The number of hydrogen-bond acceptors (Lipinski definition) is 5. The van der Waals surface area contributed by atoms with Gasteiger partial charge in [-0.1, -0.05) is 0 Å². The van der Waals surface area contributed by atoms with Crippen LogP contribution in [-0.4, -0.2) is 30.2 Å². The van der Waals surface area contributed by atoms with Gasteiger partial charge in [-0.3, -0.25) is 4.99 Å². The number of hydrogen-bond donors (Lipinski definition) is 3. The topological polar surface area (TPSA) is 91.9 Å². The van der Waals surface area contributed by atoms with E-state index in [0.29, 0.717) is 30.7 Å². The molecule has 7 nitrogen and oxygen atoms in total. The van der Waals surface area contributed by atoms with Gasteiger partial charge in [-0.15, -0.1) is 0 Å². The Morgan fingerprint density at radius 3 is 2.65 bits per heavy atom. The molecule has 2 rings (SSSR count).